The molecule has 45 heavy (non-hydrogen) atoms. The molecule has 0 radical (unpaired) electrons. The summed E-state index contributed by atoms with van der Waals surface area (Å²) in [5, 5.41) is 22.7. The number of hydrogen-bond donors (Lipinski definition) is 7. The van der Waals surface area contributed by atoms with Crippen molar-refractivity contribution >= 4 is 60.2 Å². The van der Waals surface area contributed by atoms with Gasteiger partial charge in [0.2, 0.25) is 18.4 Å². The summed E-state index contributed by atoms with van der Waals surface area (Å²) in [4.78, 5) is 48.5. The van der Waals surface area contributed by atoms with Gasteiger partial charge in [-0.15, -0.1) is 0 Å². The maximum absolute atomic E-state index is 13.1. The normalized spacial score (nSPS) is 30.7. The number of nitrogen functional groups attached to an aromatic ring is 2. The third kappa shape index (κ3) is 5.13. The van der Waals surface area contributed by atoms with E-state index in [1.807, 2.05) is 0 Å². The zero-order chi connectivity index (χ0) is 31.8. The van der Waals surface area contributed by atoms with Gasteiger partial charge in [0, 0.05) is 12.4 Å². The van der Waals surface area contributed by atoms with Crippen LogP contribution in [0.5, 0.6) is 0 Å². The van der Waals surface area contributed by atoms with Crippen LogP contribution in [-0.4, -0.2) is 74.5 Å². The second-order valence-corrected chi connectivity index (χ2v) is 14.0. The van der Waals surface area contributed by atoms with Gasteiger partial charge in [0.15, 0.2) is 40.9 Å². The number of rotatable bonds is 2. The van der Waals surface area contributed by atoms with E-state index in [1.165, 1.54) is 33.9 Å². The van der Waals surface area contributed by atoms with Crippen molar-refractivity contribution in [3.63, 3.8) is 0 Å². The quantitative estimate of drug-likeness (QED) is 0.141. The molecule has 4 unspecified atom stereocenters. The van der Waals surface area contributed by atoms with Gasteiger partial charge in [-0.2, -0.15) is 4.98 Å². The van der Waals surface area contributed by atoms with Crippen LogP contribution in [0.15, 0.2) is 58.7 Å². The number of nitrogens with one attached hydrogen (secondary N) is 1. The van der Waals surface area contributed by atoms with Gasteiger partial charge < -0.3 is 45.1 Å². The van der Waals surface area contributed by atoms with E-state index < -0.39 is 69.5 Å². The number of nitrogens with zero attached hydrogens (tertiary/aromatic N) is 5. The molecule has 0 saturated heterocycles. The van der Waals surface area contributed by atoms with Crippen LogP contribution < -0.4 is 17.0 Å². The number of phosphoric acid groups is 1. The number of phosphoric ester groups is 1. The van der Waals surface area contributed by atoms with E-state index in [1.54, 1.807) is 6.07 Å². The van der Waals surface area contributed by atoms with E-state index in [0.717, 1.165) is 0 Å². The molecule has 6 atom stereocenters. The van der Waals surface area contributed by atoms with E-state index >= 15 is 0 Å². The molecular formula is C22H22N8O12P2S. The fourth-order valence-electron chi connectivity index (χ4n) is 5.02. The molecule has 0 amide bonds. The fraction of sp³-hybridized carbons (Fsp3) is 0.273. The number of fused-ring (bicyclic) bond motifs is 3. The summed E-state index contributed by atoms with van der Waals surface area (Å²) in [5.74, 6) is -2.05. The maximum Gasteiger partial charge on any atom is 0.527 e. The van der Waals surface area contributed by atoms with Crippen LogP contribution in [0.25, 0.3) is 22.1 Å². The number of H-pyrrole nitrogens is 1. The number of hydrogen-bond acceptors (Lipinski definition) is 16. The van der Waals surface area contributed by atoms with Gasteiger partial charge in [-0.3, -0.25) is 32.9 Å². The molecule has 7 rings (SSSR count). The monoisotopic (exact) mass is 684 g/mol. The summed E-state index contributed by atoms with van der Waals surface area (Å²) in [5.41, 5.74) is 11.3. The van der Waals surface area contributed by atoms with Gasteiger partial charge in [-0.1, -0.05) is 0 Å². The van der Waals surface area contributed by atoms with Crippen molar-refractivity contribution in [2.24, 2.45) is 0 Å². The standard InChI is InChI=1S/C22H22N8O12P2S/c23-16-8-1-3-29(17(8)26-7-25-16)21-15-12(31)10(39-21)5-37-43(34,35)41-14-11(6-38-44(36,45)42-15)40-20(13(14)32)30-4-2-9-18(30)27-22(24)28-19(9)33/h1-4,7,13,15,20-21,31-32H,5-6H2,(H,34,35)(H,36,45)(H2,23,25,26)(H3,24,27,28,33)/t13?,15?,20-,21-,44?/m1/s1. The lowest BCUT2D eigenvalue weighted by Gasteiger charge is -2.25. The summed E-state index contributed by atoms with van der Waals surface area (Å²) in [7, 11) is -5.09. The van der Waals surface area contributed by atoms with E-state index in [0.29, 0.717) is 5.39 Å². The van der Waals surface area contributed by atoms with Gasteiger partial charge in [0.05, 0.1) is 10.8 Å². The molecule has 9 N–H and O–H groups in total. The van der Waals surface area contributed by atoms with Crippen molar-refractivity contribution in [2.45, 2.75) is 24.7 Å². The second kappa shape index (κ2) is 10.5. The number of aromatic nitrogens is 6. The average Bonchev–Trinajstić information content (AvgIpc) is 3.72. The second-order valence-electron chi connectivity index (χ2n) is 9.79. The Morgan fingerprint density at radius 2 is 1.69 bits per heavy atom. The van der Waals surface area contributed by atoms with Crippen LogP contribution in [0.2, 0.25) is 0 Å². The Balaban J connectivity index is 1.23. The van der Waals surface area contributed by atoms with Crippen molar-refractivity contribution in [1.29, 1.82) is 0 Å². The number of aliphatic hydroxyl groups excluding tert-OH is 2. The number of anilines is 2. The molecule has 0 spiro atoms. The van der Waals surface area contributed by atoms with Gasteiger partial charge in [0.1, 0.15) is 31.0 Å². The van der Waals surface area contributed by atoms with Crippen LogP contribution in [0.1, 0.15) is 12.5 Å². The first-order chi connectivity index (χ1) is 21.3. The van der Waals surface area contributed by atoms with Crippen molar-refractivity contribution in [3.8, 4) is 0 Å². The van der Waals surface area contributed by atoms with E-state index in [2.05, 4.69) is 19.9 Å². The highest BCUT2D eigenvalue weighted by molar-refractivity contribution is 8.07. The molecular weight excluding hydrogens is 662 g/mol. The highest BCUT2D eigenvalue weighted by Gasteiger charge is 2.47. The zero-order valence-electron chi connectivity index (χ0n) is 22.4. The zero-order valence-corrected chi connectivity index (χ0v) is 25.0. The molecule has 0 aromatic carbocycles. The molecule has 238 valence electrons. The number of aliphatic hydroxyl groups is 2. The van der Waals surface area contributed by atoms with Crippen LogP contribution in [0, 0.1) is 0 Å². The molecule has 3 aliphatic heterocycles. The molecule has 0 aliphatic carbocycles. The molecule has 7 heterocycles. The Labute approximate surface area is 254 Å². The number of nitrogens with two attached hydrogens (primary N) is 2. The molecule has 0 saturated carbocycles. The van der Waals surface area contributed by atoms with Crippen molar-refractivity contribution < 1.29 is 52.1 Å². The van der Waals surface area contributed by atoms with E-state index in [4.69, 9.17) is 50.8 Å². The molecule has 20 nitrogen and oxygen atoms in total. The van der Waals surface area contributed by atoms with Gasteiger partial charge in [-0.25, -0.2) is 14.5 Å². The third-order valence-electron chi connectivity index (χ3n) is 7.02. The first kappa shape index (κ1) is 29.7. The van der Waals surface area contributed by atoms with Crippen molar-refractivity contribution in [1.82, 2.24) is 29.1 Å². The molecule has 3 aliphatic rings. The lowest BCUT2D eigenvalue weighted by atomic mass is 10.2. The minimum Gasteiger partial charge on any atom is -0.506 e. The summed E-state index contributed by atoms with van der Waals surface area (Å²) in [6, 6.07) is 2.97. The SMILES string of the molecule is Nc1nc2c(ccn2[C@@H]2OC3=C(OP(=O)(O)OCC4=C(O)C(OP(O)(=S)OC3)[C@H](n3ccc5c(N)ncnc53)O4)C2O)c(=O)[nH]1. The van der Waals surface area contributed by atoms with Crippen molar-refractivity contribution in [2.75, 3.05) is 24.7 Å². The smallest absolute Gasteiger partial charge is 0.506 e. The summed E-state index contributed by atoms with van der Waals surface area (Å²) >= 11 is 5.20. The topological polar surface area (TPSA) is 287 Å². The predicted molar refractivity (Wildman–Crippen MR) is 154 cm³/mol. The summed E-state index contributed by atoms with van der Waals surface area (Å²) < 4.78 is 48.8. The Morgan fingerprint density at radius 3 is 2.47 bits per heavy atom. The molecule has 4 aromatic rings. The van der Waals surface area contributed by atoms with Crippen LogP contribution in [0.3, 0.4) is 0 Å². The van der Waals surface area contributed by atoms with Crippen LogP contribution in [0.4, 0.5) is 11.8 Å². The molecule has 2 bridgehead atoms. The molecule has 0 fully saturated rings. The largest absolute Gasteiger partial charge is 0.527 e. The van der Waals surface area contributed by atoms with E-state index in [-0.39, 0.29) is 40.0 Å². The molecule has 4 aromatic heterocycles. The lowest BCUT2D eigenvalue weighted by molar-refractivity contribution is -0.0151. The predicted octanol–water partition coefficient (Wildman–Crippen LogP) is 0.499. The maximum atomic E-state index is 13.1. The minimum atomic E-state index is -5.09. The number of aromatic amines is 1. The van der Waals surface area contributed by atoms with Crippen molar-refractivity contribution in [3.05, 3.63) is 64.2 Å². The average molecular weight is 684 g/mol. The molecule has 23 heteroatoms. The Hall–Kier alpha value is -4.04. The van der Waals surface area contributed by atoms with Gasteiger partial charge >= 0.3 is 14.5 Å². The highest BCUT2D eigenvalue weighted by Crippen LogP contribution is 2.55. The van der Waals surface area contributed by atoms with Gasteiger partial charge in [0.25, 0.3) is 5.56 Å². The highest BCUT2D eigenvalue weighted by atomic mass is 32.5. The first-order valence-corrected chi connectivity index (χ1v) is 16.8. The minimum absolute atomic E-state index is 0.0157. The Bertz CT molecular complexity index is 2090. The first-order valence-electron chi connectivity index (χ1n) is 12.7. The lowest BCUT2D eigenvalue weighted by Crippen LogP contribution is -2.25. The summed E-state index contributed by atoms with van der Waals surface area (Å²) in [6.07, 6.45) is -1.94. The number of ether oxygens (including phenoxy) is 2. The van der Waals surface area contributed by atoms with Crippen LogP contribution >= 0.6 is 14.5 Å². The summed E-state index contributed by atoms with van der Waals surface area (Å²) in [6.45, 7) is -5.88. The fourth-order valence-corrected chi connectivity index (χ4v) is 7.08. The van der Waals surface area contributed by atoms with Gasteiger partial charge in [-0.05, 0) is 23.9 Å². The van der Waals surface area contributed by atoms with Crippen LogP contribution in [-0.2, 0) is 43.9 Å². The Kier molecular flexibility index (Phi) is 6.93. The Morgan fingerprint density at radius 1 is 1.00 bits per heavy atom. The third-order valence-corrected chi connectivity index (χ3v) is 9.43. The van der Waals surface area contributed by atoms with E-state index in [9.17, 15) is 29.4 Å².